The highest BCUT2D eigenvalue weighted by Crippen LogP contribution is 2.40. The maximum Gasteiger partial charge on any atom is 0.327 e. The molecule has 0 bridgehead atoms. The summed E-state index contributed by atoms with van der Waals surface area (Å²) >= 11 is 1.44. The molecule has 28 heavy (non-hydrogen) atoms. The van der Waals surface area contributed by atoms with Crippen LogP contribution in [0.3, 0.4) is 0 Å². The number of rotatable bonds is 4. The van der Waals surface area contributed by atoms with Crippen LogP contribution in [0.15, 0.2) is 52.3 Å². The summed E-state index contributed by atoms with van der Waals surface area (Å²) in [7, 11) is 3.87. The Hall–Kier alpha value is -2.73. The SMILES string of the molecule is Cc1ccc(Cc2cc(=O)n3c(c2N(C)C)SCC3C(=O)O)c2ccccc12. The Bertz CT molecular complexity index is 1150. The fraction of sp³-hybridized carbons (Fsp3) is 0.273. The second kappa shape index (κ2) is 7.02. The van der Waals surface area contributed by atoms with Gasteiger partial charge >= 0.3 is 5.97 Å². The maximum atomic E-state index is 12.8. The summed E-state index contributed by atoms with van der Waals surface area (Å²) in [6, 6.07) is 13.3. The molecule has 0 spiro atoms. The maximum absolute atomic E-state index is 12.8. The molecule has 0 radical (unpaired) electrons. The summed E-state index contributed by atoms with van der Waals surface area (Å²) in [6.45, 7) is 2.10. The molecule has 0 aliphatic carbocycles. The number of aryl methyl sites for hydroxylation is 1. The van der Waals surface area contributed by atoms with E-state index in [4.69, 9.17) is 0 Å². The molecule has 1 unspecified atom stereocenters. The molecule has 0 amide bonds. The van der Waals surface area contributed by atoms with Crippen LogP contribution < -0.4 is 10.5 Å². The van der Waals surface area contributed by atoms with E-state index in [9.17, 15) is 14.7 Å². The van der Waals surface area contributed by atoms with Gasteiger partial charge in [0, 0.05) is 32.3 Å². The van der Waals surface area contributed by atoms with Crippen molar-refractivity contribution >= 4 is 34.2 Å². The smallest absolute Gasteiger partial charge is 0.327 e. The summed E-state index contributed by atoms with van der Waals surface area (Å²) in [5.74, 6) is -0.585. The lowest BCUT2D eigenvalue weighted by atomic mass is 9.95. The highest BCUT2D eigenvalue weighted by Gasteiger charge is 2.33. The van der Waals surface area contributed by atoms with Crippen molar-refractivity contribution in [2.24, 2.45) is 0 Å². The van der Waals surface area contributed by atoms with Gasteiger partial charge in [-0.1, -0.05) is 36.4 Å². The van der Waals surface area contributed by atoms with E-state index in [-0.39, 0.29) is 5.56 Å². The van der Waals surface area contributed by atoms with Crippen LogP contribution in [0.2, 0.25) is 0 Å². The van der Waals surface area contributed by atoms with Crippen molar-refractivity contribution in [2.75, 3.05) is 24.7 Å². The van der Waals surface area contributed by atoms with Gasteiger partial charge in [-0.15, -0.1) is 11.8 Å². The molecule has 4 rings (SSSR count). The molecule has 0 saturated heterocycles. The van der Waals surface area contributed by atoms with Crippen molar-refractivity contribution in [2.45, 2.75) is 24.4 Å². The van der Waals surface area contributed by atoms with Gasteiger partial charge in [0.2, 0.25) is 0 Å². The number of thioether (sulfide) groups is 1. The zero-order valence-corrected chi connectivity index (χ0v) is 16.9. The molecule has 0 fully saturated rings. The zero-order chi connectivity index (χ0) is 20.0. The first-order chi connectivity index (χ1) is 13.4. The summed E-state index contributed by atoms with van der Waals surface area (Å²) in [5.41, 5.74) is 3.99. The molecule has 5 nitrogen and oxygen atoms in total. The van der Waals surface area contributed by atoms with Crippen molar-refractivity contribution in [1.82, 2.24) is 4.57 Å². The fourth-order valence-electron chi connectivity index (χ4n) is 3.97. The van der Waals surface area contributed by atoms with Crippen molar-refractivity contribution in [3.05, 3.63) is 69.5 Å². The predicted octanol–water partition coefficient (Wildman–Crippen LogP) is 3.70. The molecule has 1 aliphatic heterocycles. The molecule has 144 valence electrons. The molecular weight excluding hydrogens is 372 g/mol. The summed E-state index contributed by atoms with van der Waals surface area (Å²) < 4.78 is 1.43. The van der Waals surface area contributed by atoms with Gasteiger partial charge in [0.05, 0.1) is 5.69 Å². The van der Waals surface area contributed by atoms with E-state index in [2.05, 4.69) is 31.2 Å². The largest absolute Gasteiger partial charge is 0.480 e. The van der Waals surface area contributed by atoms with Crippen molar-refractivity contribution in [3.8, 4) is 0 Å². The van der Waals surface area contributed by atoms with Crippen LogP contribution in [0.4, 0.5) is 5.69 Å². The van der Waals surface area contributed by atoms with Gasteiger partial charge < -0.3 is 10.0 Å². The summed E-state index contributed by atoms with van der Waals surface area (Å²) in [6.07, 6.45) is 0.621. The third-order valence-electron chi connectivity index (χ3n) is 5.30. The van der Waals surface area contributed by atoms with Crippen molar-refractivity contribution < 1.29 is 9.90 Å². The van der Waals surface area contributed by atoms with E-state index >= 15 is 0 Å². The second-order valence-electron chi connectivity index (χ2n) is 7.35. The Morgan fingerprint density at radius 2 is 1.89 bits per heavy atom. The number of hydrogen-bond donors (Lipinski definition) is 1. The first kappa shape index (κ1) is 18.6. The average molecular weight is 394 g/mol. The molecule has 6 heteroatoms. The number of pyridine rings is 1. The van der Waals surface area contributed by atoms with Gasteiger partial charge in [0.1, 0.15) is 11.1 Å². The van der Waals surface area contributed by atoms with E-state index in [0.29, 0.717) is 12.2 Å². The number of aliphatic carboxylic acids is 1. The standard InChI is InChI=1S/C22H22N2O3S/c1-13-8-9-14(17-7-5-4-6-16(13)17)10-15-11-19(25)24-18(22(26)27)12-28-21(24)20(15)23(2)3/h4-9,11,18H,10,12H2,1-3H3,(H,26,27). The molecule has 2 heterocycles. The van der Waals surface area contributed by atoms with Crippen LogP contribution in [0, 0.1) is 6.92 Å². The molecule has 0 saturated carbocycles. The minimum atomic E-state index is -0.963. The van der Waals surface area contributed by atoms with Gasteiger partial charge in [-0.2, -0.15) is 0 Å². The summed E-state index contributed by atoms with van der Waals surface area (Å²) in [5, 5.41) is 12.6. The molecule has 1 N–H and O–H groups in total. The van der Waals surface area contributed by atoms with Gasteiger partial charge in [-0.05, 0) is 34.4 Å². The first-order valence-electron chi connectivity index (χ1n) is 9.17. The van der Waals surface area contributed by atoms with E-state index in [1.807, 2.05) is 31.1 Å². The molecule has 3 aromatic rings. The molecular formula is C22H22N2O3S. The van der Waals surface area contributed by atoms with Crippen LogP contribution in [0.5, 0.6) is 0 Å². The number of anilines is 1. The van der Waals surface area contributed by atoms with E-state index in [0.717, 1.165) is 21.8 Å². The van der Waals surface area contributed by atoms with E-state index in [1.54, 1.807) is 6.07 Å². The lowest BCUT2D eigenvalue weighted by molar-refractivity contribution is -0.140. The Kier molecular flexibility index (Phi) is 4.67. The number of aromatic nitrogens is 1. The highest BCUT2D eigenvalue weighted by atomic mass is 32.2. The van der Waals surface area contributed by atoms with Gasteiger partial charge in [0.25, 0.3) is 5.56 Å². The van der Waals surface area contributed by atoms with Crippen LogP contribution in [0.25, 0.3) is 10.8 Å². The minimum absolute atomic E-state index is 0.246. The average Bonchev–Trinajstić information content (AvgIpc) is 3.10. The van der Waals surface area contributed by atoms with E-state index in [1.165, 1.54) is 32.7 Å². The van der Waals surface area contributed by atoms with Gasteiger partial charge in [-0.3, -0.25) is 9.36 Å². The molecule has 1 aliphatic rings. The third kappa shape index (κ3) is 2.98. The van der Waals surface area contributed by atoms with Crippen molar-refractivity contribution in [1.29, 1.82) is 0 Å². The Balaban J connectivity index is 1.89. The van der Waals surface area contributed by atoms with Crippen LogP contribution >= 0.6 is 11.8 Å². The fourth-order valence-corrected chi connectivity index (χ4v) is 5.38. The topological polar surface area (TPSA) is 62.5 Å². The highest BCUT2D eigenvalue weighted by molar-refractivity contribution is 7.99. The normalized spacial score (nSPS) is 15.6. The number of fused-ring (bicyclic) bond motifs is 2. The van der Waals surface area contributed by atoms with Crippen molar-refractivity contribution in [3.63, 3.8) is 0 Å². The number of benzene rings is 2. The number of hydrogen-bond acceptors (Lipinski definition) is 4. The van der Waals surface area contributed by atoms with Crippen LogP contribution in [-0.4, -0.2) is 35.5 Å². The number of carbonyl (C=O) groups is 1. The van der Waals surface area contributed by atoms with Gasteiger partial charge in [0.15, 0.2) is 0 Å². The molecule has 1 aromatic heterocycles. The Labute approximate surface area is 167 Å². The van der Waals surface area contributed by atoms with Crippen LogP contribution in [0.1, 0.15) is 22.7 Å². The molecule has 2 aromatic carbocycles. The second-order valence-corrected chi connectivity index (χ2v) is 8.36. The number of carboxylic acids is 1. The lowest BCUT2D eigenvalue weighted by Gasteiger charge is -2.22. The first-order valence-corrected chi connectivity index (χ1v) is 10.2. The summed E-state index contributed by atoms with van der Waals surface area (Å²) in [4.78, 5) is 26.3. The minimum Gasteiger partial charge on any atom is -0.480 e. The quantitative estimate of drug-likeness (QED) is 0.731. The Morgan fingerprint density at radius 1 is 1.18 bits per heavy atom. The number of nitrogens with zero attached hydrogens (tertiary/aromatic N) is 2. The molecule has 1 atom stereocenters. The monoisotopic (exact) mass is 394 g/mol. The lowest BCUT2D eigenvalue weighted by Crippen LogP contribution is -2.30. The number of carboxylic acid groups (broad SMARTS) is 1. The Morgan fingerprint density at radius 3 is 2.57 bits per heavy atom. The van der Waals surface area contributed by atoms with Crippen LogP contribution in [-0.2, 0) is 11.2 Å². The zero-order valence-electron chi connectivity index (χ0n) is 16.1. The van der Waals surface area contributed by atoms with Gasteiger partial charge in [-0.25, -0.2) is 4.79 Å². The predicted molar refractivity (Wildman–Crippen MR) is 114 cm³/mol. The van der Waals surface area contributed by atoms with E-state index < -0.39 is 12.0 Å². The third-order valence-corrected chi connectivity index (χ3v) is 6.44.